The van der Waals surface area contributed by atoms with Crippen LogP contribution in [0, 0.1) is 5.92 Å². The Morgan fingerprint density at radius 3 is 2.93 bits per heavy atom. The molecule has 0 aromatic carbocycles. The van der Waals surface area contributed by atoms with Crippen LogP contribution in [-0.4, -0.2) is 29.1 Å². The van der Waals surface area contributed by atoms with Crippen molar-refractivity contribution in [2.75, 3.05) is 13.7 Å². The molecule has 3 N–H and O–H groups in total. The van der Waals surface area contributed by atoms with Gasteiger partial charge in [-0.3, -0.25) is 4.79 Å². The maximum atomic E-state index is 11.2. The summed E-state index contributed by atoms with van der Waals surface area (Å²) in [5.74, 6) is -0.686. The highest BCUT2D eigenvalue weighted by molar-refractivity contribution is 14.1. The zero-order chi connectivity index (χ0) is 10.8. The van der Waals surface area contributed by atoms with E-state index in [1.807, 2.05) is 22.6 Å². The number of ether oxygens (including phenoxy) is 1. The molecule has 6 heteroatoms. The summed E-state index contributed by atoms with van der Waals surface area (Å²) in [5, 5.41) is 2.70. The topological polar surface area (TPSA) is 81.4 Å². The number of esters is 1. The van der Waals surface area contributed by atoms with E-state index in [4.69, 9.17) is 5.73 Å². The van der Waals surface area contributed by atoms with Gasteiger partial charge in [-0.1, -0.05) is 0 Å². The summed E-state index contributed by atoms with van der Waals surface area (Å²) in [6, 6.07) is 0. The molecule has 0 aromatic rings. The summed E-state index contributed by atoms with van der Waals surface area (Å²) in [6.45, 7) is 0.664. The summed E-state index contributed by atoms with van der Waals surface area (Å²) in [4.78, 5) is 22.5. The average molecular weight is 312 g/mol. The Balaban J connectivity index is 2.58. The largest absolute Gasteiger partial charge is 0.467 e. The molecule has 1 rings (SSSR count). The normalized spacial score (nSPS) is 25.4. The molecule has 1 aliphatic rings. The molecule has 1 fully saturated rings. The number of methoxy groups -OCH3 is 1. The van der Waals surface area contributed by atoms with E-state index in [-0.39, 0.29) is 11.8 Å². The lowest BCUT2D eigenvalue weighted by atomic mass is 9.99. The van der Waals surface area contributed by atoms with Crippen LogP contribution >= 0.6 is 22.6 Å². The lowest BCUT2D eigenvalue weighted by Gasteiger charge is -2.21. The van der Waals surface area contributed by atoms with E-state index in [9.17, 15) is 9.59 Å². The van der Waals surface area contributed by atoms with Crippen molar-refractivity contribution in [2.24, 2.45) is 11.7 Å². The number of alkyl halides is 1. The van der Waals surface area contributed by atoms with Gasteiger partial charge >= 0.3 is 5.97 Å². The monoisotopic (exact) mass is 312 g/mol. The molecule has 14 heavy (non-hydrogen) atoms. The van der Waals surface area contributed by atoms with Gasteiger partial charge in [-0.2, -0.15) is 0 Å². The second-order valence-corrected chi connectivity index (χ2v) is 5.26. The van der Waals surface area contributed by atoms with Crippen molar-refractivity contribution in [1.29, 1.82) is 0 Å². The van der Waals surface area contributed by atoms with E-state index < -0.39 is 9.51 Å². The molecule has 1 saturated heterocycles. The molecule has 0 saturated carbocycles. The fourth-order valence-electron chi connectivity index (χ4n) is 1.45. The van der Waals surface area contributed by atoms with Gasteiger partial charge in [-0.15, -0.1) is 0 Å². The third kappa shape index (κ3) is 2.57. The molecular weight excluding hydrogens is 299 g/mol. The molecule has 0 radical (unpaired) electrons. The Kier molecular flexibility index (Phi) is 3.71. The number of hydrogen-bond acceptors (Lipinski definition) is 4. The smallest absolute Gasteiger partial charge is 0.336 e. The van der Waals surface area contributed by atoms with Gasteiger partial charge in [0.1, 0.15) is 0 Å². The van der Waals surface area contributed by atoms with Crippen LogP contribution in [0.2, 0.25) is 0 Å². The highest BCUT2D eigenvalue weighted by Crippen LogP contribution is 2.27. The molecule has 1 unspecified atom stereocenters. The average Bonchev–Trinajstić information content (AvgIpc) is 2.50. The number of rotatable bonds is 3. The molecule has 2 atom stereocenters. The molecule has 1 heterocycles. The lowest BCUT2D eigenvalue weighted by molar-refractivity contribution is -0.143. The van der Waals surface area contributed by atoms with Crippen molar-refractivity contribution >= 4 is 34.5 Å². The molecule has 0 bridgehead atoms. The van der Waals surface area contributed by atoms with Crippen molar-refractivity contribution in [3.63, 3.8) is 0 Å². The van der Waals surface area contributed by atoms with Gasteiger partial charge < -0.3 is 15.8 Å². The number of carbonyl (C=O) groups is 2. The third-order valence-corrected chi connectivity index (χ3v) is 3.11. The van der Waals surface area contributed by atoms with Gasteiger partial charge in [-0.05, 0) is 35.4 Å². The van der Waals surface area contributed by atoms with Crippen LogP contribution in [0.15, 0.2) is 0 Å². The van der Waals surface area contributed by atoms with Gasteiger partial charge in [0.05, 0.1) is 7.11 Å². The molecule has 5 nitrogen and oxygen atoms in total. The van der Waals surface area contributed by atoms with Crippen LogP contribution in [0.4, 0.5) is 0 Å². The van der Waals surface area contributed by atoms with Gasteiger partial charge in [-0.25, -0.2) is 4.79 Å². The molecule has 0 aliphatic carbocycles. The Bertz CT molecular complexity index is 255. The lowest BCUT2D eigenvalue weighted by Crippen LogP contribution is -2.45. The summed E-state index contributed by atoms with van der Waals surface area (Å²) in [7, 11) is 1.29. The standard InChI is InChI=1S/C8H13IN2O3/c1-14-7(13)8(9,10)4-5-2-3-11-6(5)12/h5H,2-4,10H2,1H3,(H,11,12)/t5-,8?/m0/s1. The van der Waals surface area contributed by atoms with Gasteiger partial charge in [0.15, 0.2) is 3.55 Å². The van der Waals surface area contributed by atoms with Crippen molar-refractivity contribution in [1.82, 2.24) is 5.32 Å². The summed E-state index contributed by atoms with van der Waals surface area (Å²) in [5.41, 5.74) is 5.74. The Hall–Kier alpha value is -0.370. The molecule has 0 aromatic heterocycles. The second-order valence-electron chi connectivity index (χ2n) is 3.33. The first-order chi connectivity index (χ1) is 6.47. The highest BCUT2D eigenvalue weighted by Gasteiger charge is 2.38. The van der Waals surface area contributed by atoms with Crippen LogP contribution < -0.4 is 11.1 Å². The number of halogens is 1. The highest BCUT2D eigenvalue weighted by atomic mass is 127. The van der Waals surface area contributed by atoms with Crippen molar-refractivity contribution in [2.45, 2.75) is 16.4 Å². The number of amides is 1. The van der Waals surface area contributed by atoms with Gasteiger partial charge in [0, 0.05) is 12.5 Å². The zero-order valence-corrected chi connectivity index (χ0v) is 10.0. The first-order valence-corrected chi connectivity index (χ1v) is 5.39. The minimum absolute atomic E-state index is 0.0274. The third-order valence-electron chi connectivity index (χ3n) is 2.23. The van der Waals surface area contributed by atoms with Crippen LogP contribution in [0.3, 0.4) is 0 Å². The van der Waals surface area contributed by atoms with E-state index in [2.05, 4.69) is 10.1 Å². The minimum Gasteiger partial charge on any atom is -0.467 e. The zero-order valence-electron chi connectivity index (χ0n) is 7.88. The first kappa shape index (κ1) is 11.7. The van der Waals surface area contributed by atoms with E-state index in [1.54, 1.807) is 0 Å². The molecule has 80 valence electrons. The predicted octanol–water partition coefficient (Wildman–Crippen LogP) is -0.224. The Morgan fingerprint density at radius 1 is 1.86 bits per heavy atom. The maximum Gasteiger partial charge on any atom is 0.336 e. The SMILES string of the molecule is COC(=O)C(N)(I)C[C@@H]1CCNC1=O. The van der Waals surface area contributed by atoms with Crippen LogP contribution in [0.1, 0.15) is 12.8 Å². The predicted molar refractivity (Wildman–Crippen MR) is 58.7 cm³/mol. The van der Waals surface area contributed by atoms with Crippen molar-refractivity contribution < 1.29 is 14.3 Å². The van der Waals surface area contributed by atoms with Crippen LogP contribution in [-0.2, 0) is 14.3 Å². The number of nitrogens with two attached hydrogens (primary N) is 1. The Morgan fingerprint density at radius 2 is 2.50 bits per heavy atom. The fraction of sp³-hybridized carbons (Fsp3) is 0.750. The van der Waals surface area contributed by atoms with Crippen LogP contribution in [0.5, 0.6) is 0 Å². The number of nitrogens with one attached hydrogen (secondary N) is 1. The summed E-state index contributed by atoms with van der Waals surface area (Å²) < 4.78 is 3.46. The molecule has 0 spiro atoms. The van der Waals surface area contributed by atoms with Crippen molar-refractivity contribution in [3.8, 4) is 0 Å². The molecule has 1 aliphatic heterocycles. The fourth-order valence-corrected chi connectivity index (χ4v) is 2.20. The molecular formula is C8H13IN2O3. The Labute approximate surface area is 95.9 Å². The first-order valence-electron chi connectivity index (χ1n) is 4.31. The molecule has 1 amide bonds. The number of carbonyl (C=O) groups excluding carboxylic acids is 2. The minimum atomic E-state index is -1.10. The number of hydrogen-bond donors (Lipinski definition) is 2. The van der Waals surface area contributed by atoms with E-state index in [1.165, 1.54) is 7.11 Å². The van der Waals surface area contributed by atoms with E-state index in [0.29, 0.717) is 13.0 Å². The maximum absolute atomic E-state index is 11.2. The van der Waals surface area contributed by atoms with Crippen molar-refractivity contribution in [3.05, 3.63) is 0 Å². The summed E-state index contributed by atoms with van der Waals surface area (Å²) >= 11 is 1.82. The van der Waals surface area contributed by atoms with E-state index in [0.717, 1.165) is 6.42 Å². The second kappa shape index (κ2) is 4.43. The van der Waals surface area contributed by atoms with Gasteiger partial charge in [0.2, 0.25) is 5.91 Å². The van der Waals surface area contributed by atoms with Crippen LogP contribution in [0.25, 0.3) is 0 Å². The quantitative estimate of drug-likeness (QED) is 0.327. The summed E-state index contributed by atoms with van der Waals surface area (Å²) in [6.07, 6.45) is 1.06. The van der Waals surface area contributed by atoms with E-state index >= 15 is 0 Å². The van der Waals surface area contributed by atoms with Gasteiger partial charge in [0.25, 0.3) is 0 Å².